The van der Waals surface area contributed by atoms with E-state index in [1.54, 1.807) is 11.3 Å². The summed E-state index contributed by atoms with van der Waals surface area (Å²) in [4.78, 5) is 8.28. The topological polar surface area (TPSA) is 62.9 Å². The molecule has 3 N–H and O–H groups in total. The first-order valence-corrected chi connectivity index (χ1v) is 8.08. The first kappa shape index (κ1) is 18.7. The number of aliphatic imine (C=N–C) groups is 1. The molecule has 1 saturated heterocycles. The van der Waals surface area contributed by atoms with Crippen molar-refractivity contribution in [3.63, 3.8) is 0 Å². The summed E-state index contributed by atoms with van der Waals surface area (Å²) < 4.78 is 5.43. The van der Waals surface area contributed by atoms with Crippen molar-refractivity contribution in [2.24, 2.45) is 10.7 Å². The molecule has 0 aromatic carbocycles. The van der Waals surface area contributed by atoms with Crippen LogP contribution in [0.2, 0.25) is 0 Å². The van der Waals surface area contributed by atoms with Crippen molar-refractivity contribution in [3.05, 3.63) is 22.4 Å². The molecule has 21 heavy (non-hydrogen) atoms. The van der Waals surface area contributed by atoms with E-state index in [2.05, 4.69) is 39.6 Å². The fourth-order valence-electron chi connectivity index (χ4n) is 2.25. The molecular weight excluding hydrogens is 399 g/mol. The van der Waals surface area contributed by atoms with Gasteiger partial charge in [0, 0.05) is 24.5 Å². The second-order valence-electron chi connectivity index (χ2n) is 4.83. The molecular formula is C14H25IN4OS. The summed E-state index contributed by atoms with van der Waals surface area (Å²) in [6, 6.07) is 4.58. The van der Waals surface area contributed by atoms with Crippen molar-refractivity contribution < 1.29 is 4.74 Å². The minimum atomic E-state index is 0. The number of halogens is 1. The standard InChI is InChI=1S/C14H24N4OS.HI/c1-2-5-16-14(15)17-11-12(13-4-3-10-20-13)18-6-8-19-9-7-18;/h3-4,10,12H,2,5-9,11H2,1H3,(H3,15,16,17);1H. The fourth-order valence-corrected chi connectivity index (χ4v) is 3.10. The van der Waals surface area contributed by atoms with Crippen LogP contribution in [0, 0.1) is 0 Å². The Hall–Kier alpha value is -0.380. The van der Waals surface area contributed by atoms with Crippen LogP contribution < -0.4 is 11.1 Å². The van der Waals surface area contributed by atoms with Gasteiger partial charge in [0.25, 0.3) is 0 Å². The van der Waals surface area contributed by atoms with Crippen LogP contribution in [0.25, 0.3) is 0 Å². The van der Waals surface area contributed by atoms with E-state index >= 15 is 0 Å². The molecule has 0 radical (unpaired) electrons. The van der Waals surface area contributed by atoms with Gasteiger partial charge in [-0.1, -0.05) is 13.0 Å². The third-order valence-corrected chi connectivity index (χ3v) is 4.32. The van der Waals surface area contributed by atoms with Crippen molar-refractivity contribution in [3.8, 4) is 0 Å². The van der Waals surface area contributed by atoms with E-state index in [1.807, 2.05) is 0 Å². The molecule has 1 aromatic rings. The predicted molar refractivity (Wildman–Crippen MR) is 99.7 cm³/mol. The molecule has 1 aliphatic heterocycles. The third kappa shape index (κ3) is 6.09. The molecule has 2 rings (SSSR count). The van der Waals surface area contributed by atoms with E-state index in [-0.39, 0.29) is 24.0 Å². The zero-order valence-corrected chi connectivity index (χ0v) is 15.6. The molecule has 0 saturated carbocycles. The zero-order chi connectivity index (χ0) is 14.2. The maximum absolute atomic E-state index is 5.89. The molecule has 0 aliphatic carbocycles. The number of guanidine groups is 1. The number of nitrogens with zero attached hydrogens (tertiary/aromatic N) is 2. The SMILES string of the molecule is CCCNC(N)=NCC(c1cccs1)N1CCOCC1.I. The Balaban J connectivity index is 0.00000220. The average molecular weight is 424 g/mol. The Kier molecular flexibility index (Phi) is 9.21. The molecule has 1 aromatic heterocycles. The number of ether oxygens (including phenoxy) is 1. The second kappa shape index (κ2) is 10.4. The summed E-state index contributed by atoms with van der Waals surface area (Å²) >= 11 is 1.78. The molecule has 2 heterocycles. The molecule has 0 amide bonds. The Bertz CT molecular complexity index is 407. The number of nitrogens with one attached hydrogen (secondary N) is 1. The lowest BCUT2D eigenvalue weighted by Crippen LogP contribution is -2.40. The van der Waals surface area contributed by atoms with Gasteiger partial charge >= 0.3 is 0 Å². The van der Waals surface area contributed by atoms with Gasteiger partial charge in [0.2, 0.25) is 0 Å². The lowest BCUT2D eigenvalue weighted by atomic mass is 10.2. The molecule has 0 spiro atoms. The van der Waals surface area contributed by atoms with Gasteiger partial charge in [0.1, 0.15) is 0 Å². The van der Waals surface area contributed by atoms with Crippen LogP contribution in [-0.4, -0.2) is 50.3 Å². The maximum Gasteiger partial charge on any atom is 0.188 e. The first-order valence-electron chi connectivity index (χ1n) is 7.20. The van der Waals surface area contributed by atoms with Crippen molar-refractivity contribution in [2.45, 2.75) is 19.4 Å². The van der Waals surface area contributed by atoms with E-state index in [1.165, 1.54) is 4.88 Å². The molecule has 7 heteroatoms. The Morgan fingerprint density at radius 1 is 1.52 bits per heavy atom. The molecule has 0 bridgehead atoms. The van der Waals surface area contributed by atoms with E-state index in [4.69, 9.17) is 10.5 Å². The van der Waals surface area contributed by atoms with Crippen molar-refractivity contribution in [1.29, 1.82) is 0 Å². The van der Waals surface area contributed by atoms with E-state index in [0.29, 0.717) is 18.5 Å². The van der Waals surface area contributed by atoms with Crippen LogP contribution in [-0.2, 0) is 4.74 Å². The van der Waals surface area contributed by atoms with Gasteiger partial charge in [-0.2, -0.15) is 0 Å². The van der Waals surface area contributed by atoms with Gasteiger partial charge in [-0.05, 0) is 17.9 Å². The van der Waals surface area contributed by atoms with Gasteiger partial charge in [-0.25, -0.2) is 0 Å². The van der Waals surface area contributed by atoms with E-state index in [9.17, 15) is 0 Å². The summed E-state index contributed by atoms with van der Waals surface area (Å²) in [5.41, 5.74) is 5.89. The highest BCUT2D eigenvalue weighted by Gasteiger charge is 2.23. The van der Waals surface area contributed by atoms with Gasteiger partial charge in [-0.3, -0.25) is 9.89 Å². The largest absolute Gasteiger partial charge is 0.379 e. The fraction of sp³-hybridized carbons (Fsp3) is 0.643. The highest BCUT2D eigenvalue weighted by molar-refractivity contribution is 14.0. The van der Waals surface area contributed by atoms with Crippen molar-refractivity contribution in [2.75, 3.05) is 39.4 Å². The van der Waals surface area contributed by atoms with Gasteiger partial charge < -0.3 is 15.8 Å². The van der Waals surface area contributed by atoms with Gasteiger partial charge in [0.05, 0.1) is 25.8 Å². The Morgan fingerprint density at radius 3 is 2.90 bits per heavy atom. The first-order chi connectivity index (χ1) is 9.81. The Morgan fingerprint density at radius 2 is 2.29 bits per heavy atom. The van der Waals surface area contributed by atoms with Crippen LogP contribution in [0.3, 0.4) is 0 Å². The number of morpholine rings is 1. The summed E-state index contributed by atoms with van der Waals surface area (Å²) in [6.45, 7) is 7.20. The van der Waals surface area contributed by atoms with Crippen LogP contribution >= 0.6 is 35.3 Å². The molecule has 1 atom stereocenters. The highest BCUT2D eigenvalue weighted by atomic mass is 127. The van der Waals surface area contributed by atoms with Gasteiger partial charge in [0.15, 0.2) is 5.96 Å². The van der Waals surface area contributed by atoms with Crippen LogP contribution in [0.5, 0.6) is 0 Å². The predicted octanol–water partition coefficient (Wildman–Crippen LogP) is 2.05. The zero-order valence-electron chi connectivity index (χ0n) is 12.5. The monoisotopic (exact) mass is 424 g/mol. The number of nitrogens with two attached hydrogens (primary N) is 1. The van der Waals surface area contributed by atoms with Crippen molar-refractivity contribution >= 4 is 41.3 Å². The third-order valence-electron chi connectivity index (χ3n) is 3.35. The summed E-state index contributed by atoms with van der Waals surface area (Å²) in [5.74, 6) is 0.543. The Labute approximate surface area is 148 Å². The normalized spacial score (nSPS) is 18.0. The lowest BCUT2D eigenvalue weighted by Gasteiger charge is -2.33. The minimum absolute atomic E-state index is 0. The molecule has 120 valence electrons. The maximum atomic E-state index is 5.89. The quantitative estimate of drug-likeness (QED) is 0.417. The smallest absolute Gasteiger partial charge is 0.188 e. The number of hydrogen-bond acceptors (Lipinski definition) is 4. The summed E-state index contributed by atoms with van der Waals surface area (Å²) in [6.07, 6.45) is 1.05. The van der Waals surface area contributed by atoms with E-state index < -0.39 is 0 Å². The molecule has 5 nitrogen and oxygen atoms in total. The van der Waals surface area contributed by atoms with Crippen molar-refractivity contribution in [1.82, 2.24) is 10.2 Å². The highest BCUT2D eigenvalue weighted by Crippen LogP contribution is 2.26. The molecule has 1 unspecified atom stereocenters. The number of rotatable bonds is 6. The van der Waals surface area contributed by atoms with Crippen LogP contribution in [0.1, 0.15) is 24.3 Å². The minimum Gasteiger partial charge on any atom is -0.379 e. The number of hydrogen-bond donors (Lipinski definition) is 2. The van der Waals surface area contributed by atoms with Crippen LogP contribution in [0.15, 0.2) is 22.5 Å². The summed E-state index contributed by atoms with van der Waals surface area (Å²) in [5, 5.41) is 5.24. The number of thiophene rings is 1. The van der Waals surface area contributed by atoms with Crippen LogP contribution in [0.4, 0.5) is 0 Å². The van der Waals surface area contributed by atoms with E-state index in [0.717, 1.165) is 39.3 Å². The second-order valence-corrected chi connectivity index (χ2v) is 5.81. The molecule has 1 fully saturated rings. The molecule has 1 aliphatic rings. The van der Waals surface area contributed by atoms with Gasteiger partial charge in [-0.15, -0.1) is 35.3 Å². The summed E-state index contributed by atoms with van der Waals surface area (Å²) in [7, 11) is 0. The lowest BCUT2D eigenvalue weighted by molar-refractivity contribution is 0.0187. The average Bonchev–Trinajstić information content (AvgIpc) is 3.00.